The molecule has 1 aromatic carbocycles. The number of ether oxygens (including phenoxy) is 2. The van der Waals surface area contributed by atoms with Gasteiger partial charge >= 0.3 is 0 Å². The fraction of sp³-hybridized carbons (Fsp3) is 0.250. The fourth-order valence-electron chi connectivity index (χ4n) is 1.92. The summed E-state index contributed by atoms with van der Waals surface area (Å²) in [7, 11) is 3.15. The van der Waals surface area contributed by atoms with E-state index < -0.39 is 0 Å². The van der Waals surface area contributed by atoms with Crippen molar-refractivity contribution in [1.29, 1.82) is 0 Å². The van der Waals surface area contributed by atoms with Gasteiger partial charge in [0.1, 0.15) is 5.75 Å². The first-order valence-electron chi connectivity index (χ1n) is 6.56. The summed E-state index contributed by atoms with van der Waals surface area (Å²) in [4.78, 5) is 16.2. The minimum atomic E-state index is -0.149. The van der Waals surface area contributed by atoms with Gasteiger partial charge in [0, 0.05) is 24.4 Å². The molecule has 0 saturated heterocycles. The number of aromatic nitrogens is 1. The Labute approximate surface area is 123 Å². The maximum absolute atomic E-state index is 12.1. The molecule has 0 bridgehead atoms. The molecule has 5 heteroatoms. The summed E-state index contributed by atoms with van der Waals surface area (Å²) in [6, 6.07) is 9.00. The predicted octanol–water partition coefficient (Wildman–Crippen LogP) is 2.34. The molecule has 110 valence electrons. The van der Waals surface area contributed by atoms with Crippen LogP contribution < -0.4 is 14.8 Å². The van der Waals surface area contributed by atoms with Crippen molar-refractivity contribution in [3.05, 3.63) is 53.2 Å². The number of methoxy groups -OCH3 is 2. The Kier molecular flexibility index (Phi) is 4.77. The van der Waals surface area contributed by atoms with Crippen LogP contribution in [-0.4, -0.2) is 25.1 Å². The molecule has 0 atom stereocenters. The van der Waals surface area contributed by atoms with Gasteiger partial charge in [-0.1, -0.05) is 6.07 Å². The summed E-state index contributed by atoms with van der Waals surface area (Å²) in [6.07, 6.45) is 1.65. The first-order chi connectivity index (χ1) is 10.1. The van der Waals surface area contributed by atoms with Crippen LogP contribution >= 0.6 is 0 Å². The third-order valence-electron chi connectivity index (χ3n) is 3.13. The average Bonchev–Trinajstić information content (AvgIpc) is 2.53. The first-order valence-corrected chi connectivity index (χ1v) is 6.56. The monoisotopic (exact) mass is 286 g/mol. The van der Waals surface area contributed by atoms with E-state index in [2.05, 4.69) is 10.3 Å². The Morgan fingerprint density at radius 2 is 2.00 bits per heavy atom. The van der Waals surface area contributed by atoms with Crippen LogP contribution in [0.1, 0.15) is 21.5 Å². The van der Waals surface area contributed by atoms with E-state index in [0.29, 0.717) is 23.7 Å². The van der Waals surface area contributed by atoms with Crippen LogP contribution in [0.15, 0.2) is 36.5 Å². The second kappa shape index (κ2) is 6.74. The largest absolute Gasteiger partial charge is 0.496 e. The van der Waals surface area contributed by atoms with Crippen LogP contribution in [0, 0.1) is 6.92 Å². The van der Waals surface area contributed by atoms with Crippen LogP contribution in [0.5, 0.6) is 11.6 Å². The number of nitrogens with zero attached hydrogens (tertiary/aromatic N) is 1. The molecule has 1 aromatic heterocycles. The lowest BCUT2D eigenvalue weighted by molar-refractivity contribution is 0.0950. The number of aryl methyl sites for hydroxylation is 1. The zero-order valence-electron chi connectivity index (χ0n) is 12.3. The molecule has 1 N–H and O–H groups in total. The number of carbonyl (C=O) groups excluding carboxylic acids is 1. The molecule has 0 aliphatic rings. The summed E-state index contributed by atoms with van der Waals surface area (Å²) in [5, 5.41) is 2.86. The van der Waals surface area contributed by atoms with E-state index >= 15 is 0 Å². The third kappa shape index (κ3) is 3.72. The quantitative estimate of drug-likeness (QED) is 0.916. The Bertz CT molecular complexity index is 641. The number of benzene rings is 1. The number of nitrogens with one attached hydrogen (secondary N) is 1. The molecule has 0 radical (unpaired) electrons. The van der Waals surface area contributed by atoms with Gasteiger partial charge in [-0.05, 0) is 36.2 Å². The molecule has 1 heterocycles. The van der Waals surface area contributed by atoms with Crippen molar-refractivity contribution in [2.75, 3.05) is 14.2 Å². The van der Waals surface area contributed by atoms with Gasteiger partial charge in [-0.25, -0.2) is 4.98 Å². The molecule has 0 aliphatic heterocycles. The molecule has 0 spiro atoms. The van der Waals surface area contributed by atoms with Crippen LogP contribution in [0.2, 0.25) is 0 Å². The lowest BCUT2D eigenvalue weighted by atomic mass is 10.1. The standard InChI is InChI=1S/C16H18N2O3/c1-11-4-5-13(9-14(11)20-2)16(19)18-10-12-6-7-17-15(8-12)21-3/h4-9H,10H2,1-3H3,(H,18,19). The van der Waals surface area contributed by atoms with E-state index in [-0.39, 0.29) is 5.91 Å². The Morgan fingerprint density at radius 3 is 2.71 bits per heavy atom. The van der Waals surface area contributed by atoms with Gasteiger partial charge in [-0.15, -0.1) is 0 Å². The van der Waals surface area contributed by atoms with E-state index in [1.807, 2.05) is 19.1 Å². The van der Waals surface area contributed by atoms with Gasteiger partial charge in [0.05, 0.1) is 14.2 Å². The SMILES string of the molecule is COc1cc(CNC(=O)c2ccc(C)c(OC)c2)ccn1. The second-order valence-electron chi connectivity index (χ2n) is 4.57. The summed E-state index contributed by atoms with van der Waals surface area (Å²) in [5.74, 6) is 1.08. The second-order valence-corrected chi connectivity index (χ2v) is 4.57. The molecule has 2 aromatic rings. The normalized spacial score (nSPS) is 10.0. The van der Waals surface area contributed by atoms with E-state index in [1.165, 1.54) is 0 Å². The molecule has 2 rings (SSSR count). The van der Waals surface area contributed by atoms with Crippen LogP contribution in [-0.2, 0) is 6.54 Å². The molecule has 1 amide bonds. The van der Waals surface area contributed by atoms with E-state index in [0.717, 1.165) is 11.1 Å². The van der Waals surface area contributed by atoms with Gasteiger partial charge in [0.15, 0.2) is 0 Å². The maximum atomic E-state index is 12.1. The highest BCUT2D eigenvalue weighted by Crippen LogP contribution is 2.19. The number of hydrogen-bond donors (Lipinski definition) is 1. The summed E-state index contributed by atoms with van der Waals surface area (Å²) in [6.45, 7) is 2.34. The Balaban J connectivity index is 2.04. The molecule has 0 fully saturated rings. The van der Waals surface area contributed by atoms with Crippen LogP contribution in [0.25, 0.3) is 0 Å². The van der Waals surface area contributed by atoms with Crippen molar-refractivity contribution in [2.24, 2.45) is 0 Å². The molecule has 0 aliphatic carbocycles. The molecule has 0 saturated carbocycles. The highest BCUT2D eigenvalue weighted by atomic mass is 16.5. The van der Waals surface area contributed by atoms with Crippen molar-refractivity contribution < 1.29 is 14.3 Å². The summed E-state index contributed by atoms with van der Waals surface area (Å²) >= 11 is 0. The zero-order valence-corrected chi connectivity index (χ0v) is 12.3. The number of amides is 1. The molecular formula is C16H18N2O3. The highest BCUT2D eigenvalue weighted by molar-refractivity contribution is 5.94. The Hall–Kier alpha value is -2.56. The lowest BCUT2D eigenvalue weighted by Gasteiger charge is -2.09. The van der Waals surface area contributed by atoms with Crippen LogP contribution in [0.3, 0.4) is 0 Å². The van der Waals surface area contributed by atoms with Gasteiger partial charge in [-0.2, -0.15) is 0 Å². The highest BCUT2D eigenvalue weighted by Gasteiger charge is 2.08. The fourth-order valence-corrected chi connectivity index (χ4v) is 1.92. The molecule has 0 unspecified atom stereocenters. The van der Waals surface area contributed by atoms with Crippen molar-refractivity contribution in [3.8, 4) is 11.6 Å². The molecule has 5 nitrogen and oxygen atoms in total. The van der Waals surface area contributed by atoms with Crippen molar-refractivity contribution in [3.63, 3.8) is 0 Å². The number of carbonyl (C=O) groups is 1. The van der Waals surface area contributed by atoms with Crippen molar-refractivity contribution >= 4 is 5.91 Å². The van der Waals surface area contributed by atoms with Gasteiger partial charge in [0.2, 0.25) is 5.88 Å². The number of pyridine rings is 1. The smallest absolute Gasteiger partial charge is 0.251 e. The molecular weight excluding hydrogens is 268 g/mol. The van der Waals surface area contributed by atoms with Crippen LogP contribution in [0.4, 0.5) is 0 Å². The number of hydrogen-bond acceptors (Lipinski definition) is 4. The van der Waals surface area contributed by atoms with E-state index in [1.54, 1.807) is 38.6 Å². The minimum Gasteiger partial charge on any atom is -0.496 e. The molecule has 21 heavy (non-hydrogen) atoms. The van der Waals surface area contributed by atoms with Crippen molar-refractivity contribution in [2.45, 2.75) is 13.5 Å². The lowest BCUT2D eigenvalue weighted by Crippen LogP contribution is -2.22. The maximum Gasteiger partial charge on any atom is 0.251 e. The van der Waals surface area contributed by atoms with Gasteiger partial charge in [-0.3, -0.25) is 4.79 Å². The predicted molar refractivity (Wildman–Crippen MR) is 79.7 cm³/mol. The number of rotatable bonds is 5. The van der Waals surface area contributed by atoms with Gasteiger partial charge < -0.3 is 14.8 Å². The third-order valence-corrected chi connectivity index (χ3v) is 3.13. The van der Waals surface area contributed by atoms with Crippen molar-refractivity contribution in [1.82, 2.24) is 10.3 Å². The topological polar surface area (TPSA) is 60.5 Å². The first kappa shape index (κ1) is 14.8. The van der Waals surface area contributed by atoms with E-state index in [9.17, 15) is 4.79 Å². The van der Waals surface area contributed by atoms with E-state index in [4.69, 9.17) is 9.47 Å². The van der Waals surface area contributed by atoms with Gasteiger partial charge in [0.25, 0.3) is 5.91 Å². The average molecular weight is 286 g/mol. The summed E-state index contributed by atoms with van der Waals surface area (Å²) < 4.78 is 10.3. The Morgan fingerprint density at radius 1 is 1.19 bits per heavy atom. The summed E-state index contributed by atoms with van der Waals surface area (Å²) in [5.41, 5.74) is 2.49. The zero-order chi connectivity index (χ0) is 15.2. The minimum absolute atomic E-state index is 0.149.